The van der Waals surface area contributed by atoms with E-state index in [4.69, 9.17) is 16.3 Å². The van der Waals surface area contributed by atoms with Gasteiger partial charge in [-0.05, 0) is 55.8 Å². The van der Waals surface area contributed by atoms with Crippen LogP contribution in [0.4, 0.5) is 11.4 Å². The molecule has 1 atom stereocenters. The molecule has 2 aromatic rings. The smallest absolute Gasteiger partial charge is 0.246 e. The van der Waals surface area contributed by atoms with E-state index in [0.29, 0.717) is 36.9 Å². The van der Waals surface area contributed by atoms with Gasteiger partial charge in [-0.1, -0.05) is 17.7 Å². The van der Waals surface area contributed by atoms with Crippen LogP contribution in [0.3, 0.4) is 0 Å². The lowest BCUT2D eigenvalue weighted by atomic mass is 10.1. The molecule has 7 nitrogen and oxygen atoms in total. The van der Waals surface area contributed by atoms with E-state index in [0.717, 1.165) is 23.3 Å². The second kappa shape index (κ2) is 9.36. The number of hydrogen-bond donors (Lipinski definition) is 0. The number of amides is 1. The van der Waals surface area contributed by atoms with E-state index in [9.17, 15) is 13.2 Å². The molecule has 0 spiro atoms. The molecule has 1 amide bonds. The van der Waals surface area contributed by atoms with Crippen LogP contribution in [0, 0.1) is 6.92 Å². The summed E-state index contributed by atoms with van der Waals surface area (Å²) in [5, 5.41) is 0.419. The fourth-order valence-electron chi connectivity index (χ4n) is 3.84. The third-order valence-electron chi connectivity index (χ3n) is 5.50. The van der Waals surface area contributed by atoms with Crippen LogP contribution in [0.15, 0.2) is 42.5 Å². The molecule has 31 heavy (non-hydrogen) atoms. The summed E-state index contributed by atoms with van der Waals surface area (Å²) < 4.78 is 31.6. The number of anilines is 2. The number of carbonyl (C=O) groups excluding carboxylic acids is 1. The molecule has 9 heteroatoms. The van der Waals surface area contributed by atoms with E-state index in [-0.39, 0.29) is 5.91 Å². The van der Waals surface area contributed by atoms with Crippen LogP contribution in [0.2, 0.25) is 5.02 Å². The maximum absolute atomic E-state index is 13.2. The van der Waals surface area contributed by atoms with Crippen molar-refractivity contribution in [3.05, 3.63) is 53.1 Å². The number of carbonyl (C=O) groups is 1. The molecule has 0 aliphatic carbocycles. The third-order valence-corrected chi connectivity index (χ3v) is 6.97. The number of sulfonamides is 1. The first-order valence-electron chi connectivity index (χ1n) is 10.0. The molecule has 0 radical (unpaired) electrons. The lowest BCUT2D eigenvalue weighted by Gasteiger charge is -2.39. The minimum Gasteiger partial charge on any atom is -0.497 e. The van der Waals surface area contributed by atoms with Crippen LogP contribution < -0.4 is 13.9 Å². The highest BCUT2D eigenvalue weighted by molar-refractivity contribution is 7.92. The molecule has 168 valence electrons. The van der Waals surface area contributed by atoms with Gasteiger partial charge in [0.25, 0.3) is 0 Å². The molecule has 0 bridgehead atoms. The van der Waals surface area contributed by atoms with Crippen LogP contribution >= 0.6 is 11.6 Å². The van der Waals surface area contributed by atoms with E-state index in [1.54, 1.807) is 44.1 Å². The van der Waals surface area contributed by atoms with Gasteiger partial charge < -0.3 is 14.5 Å². The summed E-state index contributed by atoms with van der Waals surface area (Å²) in [6, 6.07) is 12.0. The van der Waals surface area contributed by atoms with E-state index in [1.807, 2.05) is 24.3 Å². The largest absolute Gasteiger partial charge is 0.497 e. The average molecular weight is 466 g/mol. The van der Waals surface area contributed by atoms with Gasteiger partial charge in [-0.15, -0.1) is 0 Å². The van der Waals surface area contributed by atoms with Crippen LogP contribution in [-0.2, 0) is 14.8 Å². The van der Waals surface area contributed by atoms with Crippen molar-refractivity contribution in [2.75, 3.05) is 48.7 Å². The van der Waals surface area contributed by atoms with E-state index in [2.05, 4.69) is 4.90 Å². The summed E-state index contributed by atoms with van der Waals surface area (Å²) in [7, 11) is -2.07. The first-order chi connectivity index (χ1) is 14.6. The Bertz CT molecular complexity index is 1040. The topological polar surface area (TPSA) is 70.2 Å². The van der Waals surface area contributed by atoms with Gasteiger partial charge >= 0.3 is 0 Å². The van der Waals surface area contributed by atoms with E-state index < -0.39 is 16.1 Å². The zero-order valence-corrected chi connectivity index (χ0v) is 19.8. The summed E-state index contributed by atoms with van der Waals surface area (Å²) in [5.74, 6) is 0.572. The molecule has 1 aliphatic rings. The highest BCUT2D eigenvalue weighted by Crippen LogP contribution is 2.29. The zero-order valence-electron chi connectivity index (χ0n) is 18.2. The lowest BCUT2D eigenvalue weighted by molar-refractivity contribution is -0.132. The molecule has 1 heterocycles. The summed E-state index contributed by atoms with van der Waals surface area (Å²) in [6.07, 6.45) is 1.11. The number of methoxy groups -OCH3 is 1. The molecule has 0 aromatic heterocycles. The molecule has 0 saturated carbocycles. The quantitative estimate of drug-likeness (QED) is 0.655. The van der Waals surface area contributed by atoms with Crippen LogP contribution in [0.1, 0.15) is 12.5 Å². The van der Waals surface area contributed by atoms with Gasteiger partial charge in [-0.3, -0.25) is 9.10 Å². The number of aryl methyl sites for hydroxylation is 1. The van der Waals surface area contributed by atoms with Crippen molar-refractivity contribution in [1.29, 1.82) is 0 Å². The van der Waals surface area contributed by atoms with Crippen molar-refractivity contribution in [2.24, 2.45) is 0 Å². The number of piperazine rings is 1. The average Bonchev–Trinajstić information content (AvgIpc) is 2.75. The van der Waals surface area contributed by atoms with Gasteiger partial charge in [0.1, 0.15) is 11.8 Å². The van der Waals surface area contributed by atoms with Gasteiger partial charge in [-0.2, -0.15) is 0 Å². The normalized spacial score (nSPS) is 15.5. The molecule has 1 fully saturated rings. The minimum atomic E-state index is -3.70. The third kappa shape index (κ3) is 5.25. The second-order valence-electron chi connectivity index (χ2n) is 7.68. The first-order valence-corrected chi connectivity index (χ1v) is 12.3. The van der Waals surface area contributed by atoms with Crippen molar-refractivity contribution in [3.8, 4) is 5.75 Å². The van der Waals surface area contributed by atoms with Crippen LogP contribution in [0.5, 0.6) is 5.75 Å². The Labute approximate surface area is 189 Å². The van der Waals surface area contributed by atoms with Crippen molar-refractivity contribution in [3.63, 3.8) is 0 Å². The van der Waals surface area contributed by atoms with Crippen molar-refractivity contribution in [1.82, 2.24) is 4.90 Å². The maximum atomic E-state index is 13.2. The highest BCUT2D eigenvalue weighted by atomic mass is 35.5. The van der Waals surface area contributed by atoms with Crippen LogP contribution in [-0.4, -0.2) is 64.8 Å². The number of rotatable bonds is 6. The first kappa shape index (κ1) is 23.2. The summed E-state index contributed by atoms with van der Waals surface area (Å²) >= 11 is 6.11. The van der Waals surface area contributed by atoms with E-state index in [1.165, 1.54) is 4.31 Å². The Balaban J connectivity index is 1.74. The molecule has 1 unspecified atom stereocenters. The number of hydrogen-bond acceptors (Lipinski definition) is 5. The molecular formula is C22H28ClN3O4S. The summed E-state index contributed by atoms with van der Waals surface area (Å²) in [4.78, 5) is 17.2. The van der Waals surface area contributed by atoms with Crippen molar-refractivity contribution >= 4 is 38.9 Å². The van der Waals surface area contributed by atoms with Gasteiger partial charge in [0.2, 0.25) is 15.9 Å². The number of ether oxygens (including phenoxy) is 1. The van der Waals surface area contributed by atoms with Crippen LogP contribution in [0.25, 0.3) is 0 Å². The van der Waals surface area contributed by atoms with Gasteiger partial charge in [-0.25, -0.2) is 8.42 Å². The minimum absolute atomic E-state index is 0.223. The Hall–Kier alpha value is -2.45. The summed E-state index contributed by atoms with van der Waals surface area (Å²) in [5.41, 5.74) is 2.22. The Morgan fingerprint density at radius 2 is 1.71 bits per heavy atom. The molecule has 3 rings (SSSR count). The molecule has 1 saturated heterocycles. The molecular weight excluding hydrogens is 438 g/mol. The second-order valence-corrected chi connectivity index (χ2v) is 9.97. The monoisotopic (exact) mass is 465 g/mol. The zero-order chi connectivity index (χ0) is 22.8. The predicted molar refractivity (Wildman–Crippen MR) is 125 cm³/mol. The lowest BCUT2D eigenvalue weighted by Crippen LogP contribution is -2.55. The maximum Gasteiger partial charge on any atom is 0.246 e. The Morgan fingerprint density at radius 1 is 1.10 bits per heavy atom. The Kier molecular flexibility index (Phi) is 7.01. The SMILES string of the molecule is COc1ccc(N2CCN(C(=O)C(C)N(c3cc(Cl)ccc3C)S(C)(=O)=O)CC2)cc1. The predicted octanol–water partition coefficient (Wildman–Crippen LogP) is 3.16. The Morgan fingerprint density at radius 3 is 2.26 bits per heavy atom. The van der Waals surface area contributed by atoms with Crippen molar-refractivity contribution < 1.29 is 17.9 Å². The number of halogens is 1. The van der Waals surface area contributed by atoms with Crippen molar-refractivity contribution in [2.45, 2.75) is 19.9 Å². The molecule has 1 aliphatic heterocycles. The van der Waals surface area contributed by atoms with E-state index >= 15 is 0 Å². The fraction of sp³-hybridized carbons (Fsp3) is 0.409. The highest BCUT2D eigenvalue weighted by Gasteiger charge is 2.34. The molecule has 0 N–H and O–H groups in total. The number of nitrogens with zero attached hydrogens (tertiary/aromatic N) is 3. The fourth-order valence-corrected chi connectivity index (χ4v) is 5.22. The molecule has 2 aromatic carbocycles. The van der Waals surface area contributed by atoms with Gasteiger partial charge in [0, 0.05) is 36.9 Å². The van der Waals surface area contributed by atoms with Gasteiger partial charge in [0.15, 0.2) is 0 Å². The number of benzene rings is 2. The van der Waals surface area contributed by atoms with Gasteiger partial charge in [0.05, 0.1) is 19.1 Å². The standard InChI is InChI=1S/C22H28ClN3O4S/c1-16-5-6-18(23)15-21(16)26(31(4,28)29)17(2)22(27)25-13-11-24(12-14-25)19-7-9-20(30-3)10-8-19/h5-10,15,17H,11-14H2,1-4H3. The summed E-state index contributed by atoms with van der Waals surface area (Å²) in [6.45, 7) is 5.79.